The topological polar surface area (TPSA) is 90.1 Å². The molecule has 134 valence electrons. The molecule has 0 bridgehead atoms. The molecule has 4 rings (SSSR count). The van der Waals surface area contributed by atoms with E-state index in [4.69, 9.17) is 10.5 Å². The van der Waals surface area contributed by atoms with E-state index in [-0.39, 0.29) is 12.5 Å². The van der Waals surface area contributed by atoms with Crippen molar-refractivity contribution in [3.63, 3.8) is 0 Å². The zero-order chi connectivity index (χ0) is 18.6. The lowest BCUT2D eigenvalue weighted by atomic mass is 10.1. The number of ether oxygens (including phenoxy) is 1. The molecule has 0 aliphatic carbocycles. The summed E-state index contributed by atoms with van der Waals surface area (Å²) in [5.41, 5.74) is 10.9. The Labute approximate surface area is 159 Å². The summed E-state index contributed by atoms with van der Waals surface area (Å²) in [4.78, 5) is 21.4. The number of hydrogen-bond donors (Lipinski definition) is 2. The second-order valence-electron chi connectivity index (χ2n) is 5.78. The summed E-state index contributed by atoms with van der Waals surface area (Å²) in [6, 6.07) is 16.1. The quantitative estimate of drug-likeness (QED) is 0.512. The summed E-state index contributed by atoms with van der Waals surface area (Å²) in [7, 11) is 0. The maximum Gasteiger partial charge on any atom is 0.259 e. The average molecular weight is 376 g/mol. The maximum absolute atomic E-state index is 12.7. The molecule has 2 heterocycles. The third-order valence-electron chi connectivity index (χ3n) is 4.02. The predicted molar refractivity (Wildman–Crippen MR) is 107 cm³/mol. The number of nitrogens with two attached hydrogens (primary N) is 1. The minimum Gasteiger partial charge on any atom is -0.486 e. The summed E-state index contributed by atoms with van der Waals surface area (Å²) in [5.74, 6) is 0.195. The van der Waals surface area contributed by atoms with Crippen LogP contribution in [0.3, 0.4) is 0 Å². The molecule has 27 heavy (non-hydrogen) atoms. The fourth-order valence-electron chi connectivity index (χ4n) is 2.68. The van der Waals surface area contributed by atoms with Gasteiger partial charge in [0.15, 0.2) is 0 Å². The van der Waals surface area contributed by atoms with E-state index in [2.05, 4.69) is 15.3 Å². The molecule has 4 aromatic rings. The molecule has 6 nitrogen and oxygen atoms in total. The van der Waals surface area contributed by atoms with Gasteiger partial charge in [0.2, 0.25) is 0 Å². The number of carbonyl (C=O) groups excluding carboxylic acids is 1. The fourth-order valence-corrected chi connectivity index (χ4v) is 3.44. The molecule has 2 aromatic heterocycles. The third kappa shape index (κ3) is 3.58. The van der Waals surface area contributed by atoms with Gasteiger partial charge in [-0.05, 0) is 30.3 Å². The third-order valence-corrected chi connectivity index (χ3v) is 4.92. The Balaban J connectivity index is 1.55. The second kappa shape index (κ2) is 7.43. The molecule has 0 unspecified atom stereocenters. The number of aromatic nitrogens is 2. The van der Waals surface area contributed by atoms with E-state index in [1.807, 2.05) is 24.3 Å². The van der Waals surface area contributed by atoms with Crippen LogP contribution in [0.4, 0.5) is 11.4 Å². The number of nitrogen functional groups attached to an aromatic ring is 1. The van der Waals surface area contributed by atoms with Crippen molar-refractivity contribution in [1.82, 2.24) is 9.97 Å². The van der Waals surface area contributed by atoms with Gasteiger partial charge in [-0.1, -0.05) is 24.3 Å². The molecular formula is C20H16N4O2S. The lowest BCUT2D eigenvalue weighted by Crippen LogP contribution is -2.14. The summed E-state index contributed by atoms with van der Waals surface area (Å²) >= 11 is 1.52. The number of nitrogens with one attached hydrogen (secondary N) is 1. The van der Waals surface area contributed by atoms with E-state index in [0.29, 0.717) is 22.7 Å². The van der Waals surface area contributed by atoms with Crippen LogP contribution in [0.5, 0.6) is 5.75 Å². The van der Waals surface area contributed by atoms with E-state index < -0.39 is 0 Å². The van der Waals surface area contributed by atoms with Crippen LogP contribution in [0, 0.1) is 0 Å². The summed E-state index contributed by atoms with van der Waals surface area (Å²) in [5, 5.41) is 2.82. The largest absolute Gasteiger partial charge is 0.486 e. The number of anilines is 2. The van der Waals surface area contributed by atoms with Gasteiger partial charge < -0.3 is 15.8 Å². The molecule has 0 fully saturated rings. The van der Waals surface area contributed by atoms with E-state index in [1.165, 1.54) is 11.3 Å². The van der Waals surface area contributed by atoms with Crippen LogP contribution in [0.15, 0.2) is 66.3 Å². The summed E-state index contributed by atoms with van der Waals surface area (Å²) in [6.07, 6.45) is 1.71. The molecule has 1 amide bonds. The van der Waals surface area contributed by atoms with Crippen molar-refractivity contribution in [2.24, 2.45) is 0 Å². The first-order chi connectivity index (χ1) is 13.2. The highest BCUT2D eigenvalue weighted by Gasteiger charge is 2.14. The molecular weight excluding hydrogens is 360 g/mol. The molecule has 2 aromatic carbocycles. The molecule has 0 spiro atoms. The minimum absolute atomic E-state index is 0.247. The molecule has 0 radical (unpaired) electrons. The number of rotatable bonds is 5. The van der Waals surface area contributed by atoms with Gasteiger partial charge in [0.25, 0.3) is 5.91 Å². The predicted octanol–water partition coefficient (Wildman–Crippen LogP) is 4.10. The van der Waals surface area contributed by atoms with Crippen molar-refractivity contribution in [2.75, 3.05) is 11.1 Å². The Morgan fingerprint density at radius 2 is 1.89 bits per heavy atom. The summed E-state index contributed by atoms with van der Waals surface area (Å²) in [6.45, 7) is 0.247. The number of hydrogen-bond acceptors (Lipinski definition) is 6. The lowest BCUT2D eigenvalue weighted by Gasteiger charge is -2.12. The van der Waals surface area contributed by atoms with Crippen molar-refractivity contribution < 1.29 is 9.53 Å². The van der Waals surface area contributed by atoms with Gasteiger partial charge in [0.1, 0.15) is 12.4 Å². The zero-order valence-corrected chi connectivity index (χ0v) is 15.1. The van der Waals surface area contributed by atoms with Crippen molar-refractivity contribution in [3.8, 4) is 5.75 Å². The van der Waals surface area contributed by atoms with Crippen LogP contribution in [-0.4, -0.2) is 15.9 Å². The Hall–Kier alpha value is -3.45. The van der Waals surface area contributed by atoms with Crippen LogP contribution >= 0.6 is 11.3 Å². The number of fused-ring (bicyclic) bond motifs is 1. The van der Waals surface area contributed by atoms with Crippen LogP contribution in [0.25, 0.3) is 10.2 Å². The van der Waals surface area contributed by atoms with Crippen LogP contribution in [0.2, 0.25) is 0 Å². The molecule has 3 N–H and O–H groups in total. The van der Waals surface area contributed by atoms with Crippen LogP contribution < -0.4 is 15.8 Å². The first-order valence-corrected chi connectivity index (χ1v) is 9.15. The van der Waals surface area contributed by atoms with E-state index >= 15 is 0 Å². The van der Waals surface area contributed by atoms with E-state index in [0.717, 1.165) is 15.9 Å². The monoisotopic (exact) mass is 376 g/mol. The van der Waals surface area contributed by atoms with E-state index in [1.54, 1.807) is 42.0 Å². The van der Waals surface area contributed by atoms with Crippen LogP contribution in [0.1, 0.15) is 16.1 Å². The van der Waals surface area contributed by atoms with Gasteiger partial charge in [0.05, 0.1) is 38.4 Å². The number of para-hydroxylation sites is 3. The highest BCUT2D eigenvalue weighted by atomic mass is 32.1. The highest BCUT2D eigenvalue weighted by Crippen LogP contribution is 2.25. The van der Waals surface area contributed by atoms with Gasteiger partial charge in [-0.25, -0.2) is 4.98 Å². The minimum atomic E-state index is -0.285. The Morgan fingerprint density at radius 1 is 1.07 bits per heavy atom. The van der Waals surface area contributed by atoms with Gasteiger partial charge >= 0.3 is 0 Å². The number of nitrogens with zero attached hydrogens (tertiary/aromatic N) is 2. The summed E-state index contributed by atoms with van der Waals surface area (Å²) < 4.78 is 6.90. The van der Waals surface area contributed by atoms with Crippen molar-refractivity contribution >= 4 is 38.8 Å². The number of carbonyl (C=O) groups is 1. The lowest BCUT2D eigenvalue weighted by molar-refractivity contribution is 0.102. The normalized spacial score (nSPS) is 10.7. The molecule has 0 aliphatic rings. The van der Waals surface area contributed by atoms with E-state index in [9.17, 15) is 4.79 Å². The number of pyridine rings is 1. The standard InChI is InChI=1S/C20H16N4O2S/c21-14-6-2-3-7-15(14)24-20(25)13-5-1-4-8-18(13)26-11-17-19-16(9-10-22-17)23-12-27-19/h1-10,12H,11,21H2,(H,24,25). The van der Waals surface area contributed by atoms with Gasteiger partial charge in [-0.3, -0.25) is 9.78 Å². The smallest absolute Gasteiger partial charge is 0.259 e. The van der Waals surface area contributed by atoms with Gasteiger partial charge in [0, 0.05) is 6.20 Å². The maximum atomic E-state index is 12.7. The number of thiazole rings is 1. The van der Waals surface area contributed by atoms with Gasteiger partial charge in [-0.2, -0.15) is 0 Å². The van der Waals surface area contributed by atoms with Crippen molar-refractivity contribution in [3.05, 3.63) is 77.6 Å². The SMILES string of the molecule is Nc1ccccc1NC(=O)c1ccccc1OCc1nccc2ncsc12. The Kier molecular flexibility index (Phi) is 4.67. The molecule has 0 saturated carbocycles. The zero-order valence-electron chi connectivity index (χ0n) is 14.3. The number of amides is 1. The molecule has 0 saturated heterocycles. The second-order valence-corrected chi connectivity index (χ2v) is 6.64. The average Bonchev–Trinajstić information content (AvgIpc) is 3.18. The molecule has 7 heteroatoms. The fraction of sp³-hybridized carbons (Fsp3) is 0.0500. The molecule has 0 atom stereocenters. The molecule has 0 aliphatic heterocycles. The van der Waals surface area contributed by atoms with Crippen molar-refractivity contribution in [2.45, 2.75) is 6.61 Å². The highest BCUT2D eigenvalue weighted by molar-refractivity contribution is 7.16. The van der Waals surface area contributed by atoms with Crippen LogP contribution in [-0.2, 0) is 6.61 Å². The number of benzene rings is 2. The van der Waals surface area contributed by atoms with Crippen molar-refractivity contribution in [1.29, 1.82) is 0 Å². The van der Waals surface area contributed by atoms with Gasteiger partial charge in [-0.15, -0.1) is 11.3 Å². The first kappa shape index (κ1) is 17.0. The Morgan fingerprint density at radius 3 is 2.78 bits per heavy atom. The Bertz CT molecular complexity index is 1110. The first-order valence-electron chi connectivity index (χ1n) is 8.27.